The predicted molar refractivity (Wildman–Crippen MR) is 172 cm³/mol. The molecule has 198 valence electrons. The van der Waals surface area contributed by atoms with Crippen LogP contribution in [0.1, 0.15) is 22.3 Å². The molecule has 0 saturated heterocycles. The van der Waals surface area contributed by atoms with E-state index in [1.165, 1.54) is 17.2 Å². The lowest BCUT2D eigenvalue weighted by atomic mass is 9.92. The van der Waals surface area contributed by atoms with Crippen LogP contribution in [-0.2, 0) is 5.16 Å². The van der Waals surface area contributed by atoms with Crippen LogP contribution in [-0.4, -0.2) is 26.9 Å². The molecule has 6 aromatic rings. The third kappa shape index (κ3) is 6.54. The van der Waals surface area contributed by atoms with Crippen LogP contribution in [0, 0.1) is 5.82 Å². The molecule has 5 aromatic carbocycles. The van der Waals surface area contributed by atoms with Crippen LogP contribution < -0.4 is 5.19 Å². The van der Waals surface area contributed by atoms with Crippen molar-refractivity contribution in [2.24, 2.45) is 0 Å². The summed E-state index contributed by atoms with van der Waals surface area (Å²) in [6.45, 7) is 0. The van der Waals surface area contributed by atoms with E-state index in [0.717, 1.165) is 21.9 Å². The van der Waals surface area contributed by atoms with Gasteiger partial charge in [0.05, 0.1) is 21.0 Å². The highest BCUT2D eigenvalue weighted by molar-refractivity contribution is 6.57. The smallest absolute Gasteiger partial charge is 0.123 e. The Labute approximate surface area is 245 Å². The maximum absolute atomic E-state index is 13.9. The maximum atomic E-state index is 13.9. The molecule has 6 rings (SSSR count). The van der Waals surface area contributed by atoms with Crippen LogP contribution in [0.3, 0.4) is 0 Å². The molecule has 0 atom stereocenters. The molecule has 0 aliphatic carbocycles. The highest BCUT2D eigenvalue weighted by Gasteiger charge is 2.36. The fraction of sp³-hybridized carbons (Fsp3) is 0.0278. The molecule has 0 amide bonds. The van der Waals surface area contributed by atoms with Gasteiger partial charge in [0.15, 0.2) is 0 Å². The molecule has 0 N–H and O–H groups in total. The van der Waals surface area contributed by atoms with E-state index in [9.17, 15) is 4.39 Å². The molecular formula is C36H30BFN2Si. The zero-order chi connectivity index (χ0) is 28.3. The first-order valence-corrected chi connectivity index (χ1v) is 15.0. The molecule has 1 heterocycles. The number of rotatable bonds is 7. The maximum Gasteiger partial charge on any atom is 0.123 e. The molecule has 0 saturated carbocycles. The molecule has 0 aliphatic rings. The Morgan fingerprint density at radius 2 is 1.20 bits per heavy atom. The molecule has 2 radical (unpaired) electrons. The van der Waals surface area contributed by atoms with E-state index in [2.05, 4.69) is 82.3 Å². The number of hydrogen-bond donors (Lipinski definition) is 0. The SMILES string of the molecule is Fc1cccc([SiH2]C(c2ccccc2)(c2ccccc2)n2ccnc2)c1.[B]C=C(c1ccccc1)c1ccccc1. The van der Waals surface area contributed by atoms with Gasteiger partial charge < -0.3 is 4.57 Å². The van der Waals surface area contributed by atoms with Crippen LogP contribution in [0.15, 0.2) is 170 Å². The van der Waals surface area contributed by atoms with Gasteiger partial charge in [-0.3, -0.25) is 0 Å². The number of aromatic nitrogens is 2. The number of halogens is 1. The Balaban J connectivity index is 0.000000191. The van der Waals surface area contributed by atoms with Gasteiger partial charge in [-0.25, -0.2) is 9.37 Å². The van der Waals surface area contributed by atoms with Crippen molar-refractivity contribution >= 4 is 28.1 Å². The van der Waals surface area contributed by atoms with E-state index >= 15 is 0 Å². The highest BCUT2D eigenvalue weighted by atomic mass is 28.2. The second kappa shape index (κ2) is 13.6. The summed E-state index contributed by atoms with van der Waals surface area (Å²) >= 11 is 0. The molecule has 1 aromatic heterocycles. The van der Waals surface area contributed by atoms with Gasteiger partial charge in [0.25, 0.3) is 0 Å². The van der Waals surface area contributed by atoms with Crippen molar-refractivity contribution in [2.45, 2.75) is 5.16 Å². The fourth-order valence-electron chi connectivity index (χ4n) is 5.21. The normalized spacial score (nSPS) is 11.0. The number of benzene rings is 5. The van der Waals surface area contributed by atoms with E-state index in [4.69, 9.17) is 7.85 Å². The van der Waals surface area contributed by atoms with Crippen LogP contribution >= 0.6 is 0 Å². The van der Waals surface area contributed by atoms with E-state index in [-0.39, 0.29) is 11.0 Å². The molecular weight excluding hydrogens is 518 g/mol. The van der Waals surface area contributed by atoms with Crippen molar-refractivity contribution < 1.29 is 4.39 Å². The lowest BCUT2D eigenvalue weighted by molar-refractivity contribution is 0.596. The summed E-state index contributed by atoms with van der Waals surface area (Å²) in [6.07, 6.45) is 5.68. The molecule has 0 aliphatic heterocycles. The van der Waals surface area contributed by atoms with Gasteiger partial charge in [0.2, 0.25) is 0 Å². The Bertz CT molecular complexity index is 1580. The van der Waals surface area contributed by atoms with Crippen molar-refractivity contribution in [1.29, 1.82) is 0 Å². The Morgan fingerprint density at radius 1 is 0.683 bits per heavy atom. The van der Waals surface area contributed by atoms with E-state index in [1.807, 2.05) is 67.1 Å². The van der Waals surface area contributed by atoms with Gasteiger partial charge >= 0.3 is 0 Å². The molecule has 41 heavy (non-hydrogen) atoms. The van der Waals surface area contributed by atoms with Gasteiger partial charge in [0.1, 0.15) is 13.7 Å². The van der Waals surface area contributed by atoms with Crippen molar-refractivity contribution in [1.82, 2.24) is 9.55 Å². The third-order valence-corrected chi connectivity index (χ3v) is 9.67. The highest BCUT2D eigenvalue weighted by Crippen LogP contribution is 2.33. The molecule has 0 fully saturated rings. The van der Waals surface area contributed by atoms with Crippen molar-refractivity contribution in [2.75, 3.05) is 0 Å². The lowest BCUT2D eigenvalue weighted by Gasteiger charge is -2.37. The molecule has 0 bridgehead atoms. The van der Waals surface area contributed by atoms with E-state index < -0.39 is 9.52 Å². The third-order valence-electron chi connectivity index (χ3n) is 7.13. The van der Waals surface area contributed by atoms with Gasteiger partial charge in [0, 0.05) is 12.4 Å². The molecule has 0 spiro atoms. The Hall–Kier alpha value is -4.74. The molecule has 0 unspecified atom stereocenters. The Morgan fingerprint density at radius 3 is 1.63 bits per heavy atom. The summed E-state index contributed by atoms with van der Waals surface area (Å²) in [5, 5.41) is 0.707. The van der Waals surface area contributed by atoms with Crippen LogP contribution in [0.4, 0.5) is 4.39 Å². The first kappa shape index (κ1) is 27.8. The van der Waals surface area contributed by atoms with Crippen molar-refractivity contribution in [3.8, 4) is 0 Å². The second-order valence-electron chi connectivity index (χ2n) is 9.68. The van der Waals surface area contributed by atoms with Crippen LogP contribution in [0.2, 0.25) is 0 Å². The first-order valence-electron chi connectivity index (χ1n) is 13.6. The van der Waals surface area contributed by atoms with Crippen LogP contribution in [0.5, 0.6) is 0 Å². The lowest BCUT2D eigenvalue weighted by Crippen LogP contribution is -2.46. The summed E-state index contributed by atoms with van der Waals surface area (Å²) in [5.74, 6) is 1.47. The zero-order valence-electron chi connectivity index (χ0n) is 22.7. The monoisotopic (exact) mass is 548 g/mol. The summed E-state index contributed by atoms with van der Waals surface area (Å²) in [6, 6.07) is 48.2. The summed E-state index contributed by atoms with van der Waals surface area (Å²) < 4.78 is 16.1. The first-order chi connectivity index (χ1) is 20.2. The minimum Gasteiger partial charge on any atom is -0.326 e. The van der Waals surface area contributed by atoms with Crippen LogP contribution in [0.25, 0.3) is 5.57 Å². The number of hydrogen-bond acceptors (Lipinski definition) is 1. The van der Waals surface area contributed by atoms with Gasteiger partial charge in [-0.05, 0) is 40.0 Å². The summed E-state index contributed by atoms with van der Waals surface area (Å²) in [4.78, 5) is 4.31. The standard InChI is InChI=1S/C22H19FN2Si.C14H11B/c23-20-12-7-13-21(16-20)26-22(25-15-14-24-17-25,18-8-3-1-4-9-18)19-10-5-2-6-11-19;15-11-14(12-7-3-1-4-8-12)13-9-5-2-6-10-13/h1-17H,26H2;1-11H. The largest absolute Gasteiger partial charge is 0.326 e. The summed E-state index contributed by atoms with van der Waals surface area (Å²) in [5.41, 5.74) is 5.74. The van der Waals surface area contributed by atoms with Crippen molar-refractivity contribution in [3.05, 3.63) is 198 Å². The average Bonchev–Trinajstić information content (AvgIpc) is 3.58. The minimum atomic E-state index is -1.01. The second-order valence-corrected chi connectivity index (χ2v) is 11.9. The topological polar surface area (TPSA) is 17.8 Å². The van der Waals surface area contributed by atoms with Crippen molar-refractivity contribution in [3.63, 3.8) is 0 Å². The van der Waals surface area contributed by atoms with Gasteiger partial charge in [-0.1, -0.05) is 139 Å². The van der Waals surface area contributed by atoms with Gasteiger partial charge in [-0.15, -0.1) is 5.98 Å². The summed E-state index contributed by atoms with van der Waals surface area (Å²) in [7, 11) is 4.67. The number of imidazole rings is 1. The average molecular weight is 549 g/mol. The molecule has 5 heteroatoms. The Kier molecular flexibility index (Phi) is 9.20. The van der Waals surface area contributed by atoms with E-state index in [1.54, 1.807) is 24.3 Å². The zero-order valence-corrected chi connectivity index (χ0v) is 24.1. The fourth-order valence-corrected chi connectivity index (χ4v) is 7.60. The number of nitrogens with zero attached hydrogens (tertiary/aromatic N) is 2. The minimum absolute atomic E-state index is 0.185. The molecule has 2 nitrogen and oxygen atoms in total. The van der Waals surface area contributed by atoms with E-state index in [0.29, 0.717) is 0 Å². The quantitative estimate of drug-likeness (QED) is 0.208. The predicted octanol–water partition coefficient (Wildman–Crippen LogP) is 6.51. The van der Waals surface area contributed by atoms with Gasteiger partial charge in [-0.2, -0.15) is 0 Å².